The summed E-state index contributed by atoms with van der Waals surface area (Å²) < 4.78 is 46.8. The number of amidine groups is 1. The fourth-order valence-electron chi connectivity index (χ4n) is 3.52. The molecule has 0 heterocycles. The summed E-state index contributed by atoms with van der Waals surface area (Å²) in [7, 11) is 1.88. The Morgan fingerprint density at radius 1 is 1.10 bits per heavy atom. The molecule has 1 aliphatic rings. The van der Waals surface area contributed by atoms with Crippen LogP contribution >= 0.6 is 0 Å². The summed E-state index contributed by atoms with van der Waals surface area (Å²) in [5, 5.41) is 0. The zero-order valence-electron chi connectivity index (χ0n) is 17.9. The maximum atomic E-state index is 13.8. The number of benzene rings is 2. The average Bonchev–Trinajstić information content (AvgIpc) is 2.75. The number of rotatable bonds is 7. The van der Waals surface area contributed by atoms with Crippen molar-refractivity contribution in [3.05, 3.63) is 89.8 Å². The highest BCUT2D eigenvalue weighted by atomic mass is 19.1. The number of allylic oxidation sites excluding steroid dienone is 3. The van der Waals surface area contributed by atoms with Crippen molar-refractivity contribution in [1.82, 2.24) is 4.90 Å². The minimum atomic E-state index is -0.388. The second kappa shape index (κ2) is 10.3. The molecule has 0 amide bonds. The van der Waals surface area contributed by atoms with Crippen LogP contribution in [0.4, 0.5) is 13.2 Å². The van der Waals surface area contributed by atoms with Gasteiger partial charge < -0.3 is 9.64 Å². The van der Waals surface area contributed by atoms with Gasteiger partial charge in [-0.1, -0.05) is 30.4 Å². The molecule has 6 heteroatoms. The Morgan fingerprint density at radius 3 is 2.48 bits per heavy atom. The van der Waals surface area contributed by atoms with Crippen LogP contribution in [0.5, 0.6) is 5.75 Å². The molecule has 2 aromatic rings. The van der Waals surface area contributed by atoms with Crippen molar-refractivity contribution in [3.63, 3.8) is 0 Å². The smallest absolute Gasteiger partial charge is 0.145 e. The van der Waals surface area contributed by atoms with Crippen molar-refractivity contribution in [2.45, 2.75) is 32.4 Å². The summed E-state index contributed by atoms with van der Waals surface area (Å²) in [6, 6.07) is 11.8. The minimum absolute atomic E-state index is 0.0288. The van der Waals surface area contributed by atoms with Crippen LogP contribution < -0.4 is 4.74 Å². The summed E-state index contributed by atoms with van der Waals surface area (Å²) in [5.41, 5.74) is 0.732. The van der Waals surface area contributed by atoms with Gasteiger partial charge in [0.1, 0.15) is 35.7 Å². The van der Waals surface area contributed by atoms with E-state index in [2.05, 4.69) is 0 Å². The monoisotopic (exact) mass is 428 g/mol. The highest BCUT2D eigenvalue weighted by molar-refractivity contribution is 5.84. The Morgan fingerprint density at radius 2 is 1.81 bits per heavy atom. The van der Waals surface area contributed by atoms with Gasteiger partial charge in [0.25, 0.3) is 0 Å². The van der Waals surface area contributed by atoms with Crippen molar-refractivity contribution >= 4 is 5.84 Å². The van der Waals surface area contributed by atoms with Crippen LogP contribution in [0, 0.1) is 17.6 Å². The normalized spacial score (nSPS) is 18.3. The van der Waals surface area contributed by atoms with E-state index >= 15 is 0 Å². The number of aliphatic imine (C=N–C) groups is 1. The van der Waals surface area contributed by atoms with E-state index in [-0.39, 0.29) is 42.1 Å². The molecule has 164 valence electrons. The van der Waals surface area contributed by atoms with E-state index in [1.807, 2.05) is 37.9 Å². The molecule has 0 spiro atoms. The Labute approximate surface area is 181 Å². The van der Waals surface area contributed by atoms with Gasteiger partial charge in [0.15, 0.2) is 0 Å². The van der Waals surface area contributed by atoms with Crippen LogP contribution in [0.2, 0.25) is 0 Å². The van der Waals surface area contributed by atoms with Crippen LogP contribution in [0.25, 0.3) is 0 Å². The summed E-state index contributed by atoms with van der Waals surface area (Å²) in [5.74, 6) is 0.0960. The van der Waals surface area contributed by atoms with Crippen LogP contribution in [0.3, 0.4) is 0 Å². The molecule has 0 aromatic heterocycles. The maximum absolute atomic E-state index is 13.8. The highest BCUT2D eigenvalue weighted by Gasteiger charge is 2.25. The molecule has 3 rings (SSSR count). The number of hydrogen-bond donors (Lipinski definition) is 0. The first-order valence-electron chi connectivity index (χ1n) is 10.3. The van der Waals surface area contributed by atoms with Gasteiger partial charge in [-0.3, -0.25) is 4.99 Å². The van der Waals surface area contributed by atoms with Gasteiger partial charge in [0, 0.05) is 31.5 Å². The lowest BCUT2D eigenvalue weighted by Crippen LogP contribution is -2.42. The number of hydrogen-bond acceptors (Lipinski definition) is 2. The van der Waals surface area contributed by atoms with E-state index in [9.17, 15) is 13.2 Å². The molecule has 0 N–H and O–H groups in total. The van der Waals surface area contributed by atoms with Crippen LogP contribution in [0.15, 0.2) is 77.6 Å². The third-order valence-corrected chi connectivity index (χ3v) is 5.54. The molecule has 31 heavy (non-hydrogen) atoms. The summed E-state index contributed by atoms with van der Waals surface area (Å²) >= 11 is 0. The topological polar surface area (TPSA) is 24.8 Å². The van der Waals surface area contributed by atoms with Crippen LogP contribution in [0.1, 0.15) is 31.9 Å². The Bertz CT molecular complexity index is 986. The first kappa shape index (κ1) is 22.7. The maximum Gasteiger partial charge on any atom is 0.145 e. The Hall–Kier alpha value is -3.02. The quantitative estimate of drug-likeness (QED) is 0.384. The van der Waals surface area contributed by atoms with Gasteiger partial charge >= 0.3 is 0 Å². The van der Waals surface area contributed by atoms with Gasteiger partial charge in [0.05, 0.1) is 6.04 Å². The first-order valence-corrected chi connectivity index (χ1v) is 10.3. The fraction of sp³-hybridized carbons (Fsp3) is 0.320. The Kier molecular flexibility index (Phi) is 7.55. The predicted molar refractivity (Wildman–Crippen MR) is 118 cm³/mol. The molecular formula is C25H27F3N2O. The number of halogens is 3. The summed E-state index contributed by atoms with van der Waals surface area (Å²) in [6.07, 6.45) is 5.49. The van der Waals surface area contributed by atoms with Gasteiger partial charge in [0.2, 0.25) is 0 Å². The molecular weight excluding hydrogens is 401 g/mol. The third kappa shape index (κ3) is 6.23. The highest BCUT2D eigenvalue weighted by Crippen LogP contribution is 2.26. The van der Waals surface area contributed by atoms with Crippen molar-refractivity contribution < 1.29 is 17.9 Å². The molecule has 2 aromatic carbocycles. The van der Waals surface area contributed by atoms with Crippen LogP contribution in [-0.2, 0) is 0 Å². The fourth-order valence-corrected chi connectivity index (χ4v) is 3.52. The molecule has 1 unspecified atom stereocenters. The summed E-state index contributed by atoms with van der Waals surface area (Å²) in [4.78, 5) is 6.73. The van der Waals surface area contributed by atoms with Gasteiger partial charge in [-0.25, -0.2) is 13.2 Å². The molecule has 0 aliphatic heterocycles. The predicted octanol–water partition coefficient (Wildman–Crippen LogP) is 6.25. The molecule has 0 fully saturated rings. The zero-order chi connectivity index (χ0) is 22.4. The minimum Gasteiger partial charge on any atom is -0.486 e. The van der Waals surface area contributed by atoms with E-state index in [4.69, 9.17) is 9.73 Å². The summed E-state index contributed by atoms with van der Waals surface area (Å²) in [6.45, 7) is 3.97. The number of ether oxygens (including phenoxy) is 1. The van der Waals surface area contributed by atoms with Crippen LogP contribution in [-0.4, -0.2) is 30.4 Å². The third-order valence-electron chi connectivity index (χ3n) is 5.54. The van der Waals surface area contributed by atoms with Crippen molar-refractivity contribution in [3.8, 4) is 5.75 Å². The van der Waals surface area contributed by atoms with Crippen molar-refractivity contribution in [2.24, 2.45) is 10.9 Å². The van der Waals surface area contributed by atoms with E-state index in [1.54, 1.807) is 24.3 Å². The molecule has 3 nitrogen and oxygen atoms in total. The molecule has 3 atom stereocenters. The number of likely N-dealkylation sites (N-methyl/N-ethyl adjacent to an activating group) is 1. The van der Waals surface area contributed by atoms with Crippen molar-refractivity contribution in [1.29, 1.82) is 0 Å². The van der Waals surface area contributed by atoms with E-state index in [0.29, 0.717) is 18.0 Å². The lowest BCUT2D eigenvalue weighted by atomic mass is 9.92. The molecule has 1 aliphatic carbocycles. The molecule has 0 radical (unpaired) electrons. The largest absolute Gasteiger partial charge is 0.486 e. The molecule has 0 bridgehead atoms. The SMILES string of the molecule is C[C@H](/N=C(/COc1cccc(F)c1)N(C)[C@@H](C)C1C=CC=C(F)C1)c1cccc(F)c1. The second-order valence-electron chi connectivity index (χ2n) is 7.74. The first-order chi connectivity index (χ1) is 14.8. The second-order valence-corrected chi connectivity index (χ2v) is 7.74. The van der Waals surface area contributed by atoms with Gasteiger partial charge in [-0.2, -0.15) is 0 Å². The molecule has 0 saturated heterocycles. The van der Waals surface area contributed by atoms with Gasteiger partial charge in [-0.15, -0.1) is 0 Å². The Balaban J connectivity index is 1.83. The average molecular weight is 428 g/mol. The van der Waals surface area contributed by atoms with E-state index < -0.39 is 0 Å². The van der Waals surface area contributed by atoms with Gasteiger partial charge in [-0.05, 0) is 49.8 Å². The van der Waals surface area contributed by atoms with Crippen molar-refractivity contribution in [2.75, 3.05) is 13.7 Å². The lowest BCUT2D eigenvalue weighted by Gasteiger charge is -2.34. The van der Waals surface area contributed by atoms with E-state index in [1.165, 1.54) is 30.3 Å². The zero-order valence-corrected chi connectivity index (χ0v) is 17.9. The standard InChI is InChI=1S/C25H27F3N2O/c1-17(19-7-4-9-21(26)13-19)29-25(16-31-24-12-6-11-23(28)15-24)30(3)18(2)20-8-5-10-22(27)14-20/h4-13,15,17-18,20H,14,16H2,1-3H3/b29-25-/t17-,18-,20?/m0/s1. The number of nitrogens with zero attached hydrogens (tertiary/aromatic N) is 2. The molecule has 0 saturated carbocycles. The lowest BCUT2D eigenvalue weighted by molar-refractivity contribution is 0.276. The van der Waals surface area contributed by atoms with E-state index in [0.717, 1.165) is 5.56 Å².